The number of aromatic nitrogens is 1. The van der Waals surface area contributed by atoms with Crippen molar-refractivity contribution in [2.45, 2.75) is 26.8 Å². The van der Waals surface area contributed by atoms with Crippen LogP contribution in [0.3, 0.4) is 0 Å². The van der Waals surface area contributed by atoms with Crippen LogP contribution >= 0.6 is 27.3 Å². The van der Waals surface area contributed by atoms with E-state index < -0.39 is 12.0 Å². The van der Waals surface area contributed by atoms with Gasteiger partial charge in [-0.15, -0.1) is 0 Å². The third-order valence-corrected chi connectivity index (χ3v) is 7.58. The Morgan fingerprint density at radius 2 is 1.94 bits per heavy atom. The van der Waals surface area contributed by atoms with E-state index in [-0.39, 0.29) is 17.7 Å². The molecule has 182 valence electrons. The number of halogens is 1. The topological polar surface area (TPSA) is 79.1 Å². The Labute approximate surface area is 215 Å². The molecule has 2 heterocycles. The van der Waals surface area contributed by atoms with Gasteiger partial charge in [0.2, 0.25) is 0 Å². The number of hydrogen-bond acceptors (Lipinski definition) is 7. The lowest BCUT2D eigenvalue weighted by molar-refractivity contribution is -0.139. The van der Waals surface area contributed by atoms with Crippen LogP contribution in [0.2, 0.25) is 0 Å². The number of fused-ring (bicyclic) bond motifs is 1. The minimum Gasteiger partial charge on any atom is -0.497 e. The number of aryl methyl sites for hydroxylation is 1. The van der Waals surface area contributed by atoms with Crippen LogP contribution in [-0.4, -0.2) is 31.4 Å². The zero-order chi connectivity index (χ0) is 25.3. The molecule has 9 heteroatoms. The van der Waals surface area contributed by atoms with Gasteiger partial charge in [0.1, 0.15) is 17.5 Å². The monoisotopic (exact) mass is 556 g/mol. The minimum absolute atomic E-state index is 0.199. The van der Waals surface area contributed by atoms with Crippen LogP contribution in [0, 0.1) is 6.92 Å². The standard InChI is InChI=1S/C26H25BrN2O5S/c1-6-34-25(31)22-15(3)28-26-29(23(22)18-13-17(32-4)9-10-20(18)33-5)24(30)21(35-26)12-16-8-7-14(2)19(27)11-16/h7-13,23H,6H2,1-5H3/b21-12-/t23-/m1/s1. The second-order valence-corrected chi connectivity index (χ2v) is 9.78. The summed E-state index contributed by atoms with van der Waals surface area (Å²) in [7, 11) is 3.11. The molecule has 0 saturated heterocycles. The second-order valence-electron chi connectivity index (χ2n) is 7.92. The van der Waals surface area contributed by atoms with Crippen LogP contribution in [0.25, 0.3) is 6.08 Å². The van der Waals surface area contributed by atoms with Crippen molar-refractivity contribution in [3.8, 4) is 11.5 Å². The fourth-order valence-corrected chi connectivity index (χ4v) is 5.43. The van der Waals surface area contributed by atoms with Gasteiger partial charge in [-0.2, -0.15) is 0 Å². The van der Waals surface area contributed by atoms with Crippen molar-refractivity contribution in [2.75, 3.05) is 20.8 Å². The Morgan fingerprint density at radius 3 is 2.60 bits per heavy atom. The molecule has 1 aliphatic heterocycles. The van der Waals surface area contributed by atoms with E-state index in [2.05, 4.69) is 20.9 Å². The van der Waals surface area contributed by atoms with Crippen LogP contribution in [0.5, 0.6) is 11.5 Å². The number of allylic oxidation sites excluding steroid dienone is 1. The number of ether oxygens (including phenoxy) is 3. The summed E-state index contributed by atoms with van der Waals surface area (Å²) in [5.74, 6) is 0.565. The van der Waals surface area contributed by atoms with E-state index in [9.17, 15) is 9.59 Å². The first-order chi connectivity index (χ1) is 16.8. The van der Waals surface area contributed by atoms with Gasteiger partial charge in [-0.3, -0.25) is 9.36 Å². The van der Waals surface area contributed by atoms with Gasteiger partial charge in [0.25, 0.3) is 5.56 Å². The molecule has 1 atom stereocenters. The Balaban J connectivity index is 2.01. The molecule has 0 amide bonds. The third kappa shape index (κ3) is 4.70. The molecule has 0 unspecified atom stereocenters. The molecule has 0 saturated carbocycles. The summed E-state index contributed by atoms with van der Waals surface area (Å²) < 4.78 is 19.4. The lowest BCUT2D eigenvalue weighted by Gasteiger charge is -2.26. The average Bonchev–Trinajstić information content (AvgIpc) is 3.14. The largest absolute Gasteiger partial charge is 0.497 e. The molecule has 7 nitrogen and oxygen atoms in total. The van der Waals surface area contributed by atoms with Crippen molar-refractivity contribution >= 4 is 39.3 Å². The number of nitrogens with zero attached hydrogens (tertiary/aromatic N) is 2. The summed E-state index contributed by atoms with van der Waals surface area (Å²) >= 11 is 4.82. The van der Waals surface area contributed by atoms with Gasteiger partial charge in [0.15, 0.2) is 4.80 Å². The first-order valence-corrected chi connectivity index (χ1v) is 12.6. The van der Waals surface area contributed by atoms with Crippen molar-refractivity contribution in [1.29, 1.82) is 0 Å². The summed E-state index contributed by atoms with van der Waals surface area (Å²) in [4.78, 5) is 32.0. The van der Waals surface area contributed by atoms with Crippen molar-refractivity contribution in [3.63, 3.8) is 0 Å². The van der Waals surface area contributed by atoms with Crippen LogP contribution in [0.15, 0.2) is 61.9 Å². The molecular weight excluding hydrogens is 532 g/mol. The number of carbonyl (C=O) groups excluding carboxylic acids is 1. The van der Waals surface area contributed by atoms with Gasteiger partial charge in [-0.05, 0) is 62.2 Å². The number of thiazole rings is 1. The van der Waals surface area contributed by atoms with Crippen LogP contribution in [-0.2, 0) is 9.53 Å². The first-order valence-electron chi connectivity index (χ1n) is 11.0. The highest BCUT2D eigenvalue weighted by Crippen LogP contribution is 2.37. The number of rotatable bonds is 6. The summed E-state index contributed by atoms with van der Waals surface area (Å²) in [6.45, 7) is 5.69. The van der Waals surface area contributed by atoms with Crippen LogP contribution < -0.4 is 24.4 Å². The van der Waals surface area contributed by atoms with Gasteiger partial charge >= 0.3 is 5.97 Å². The molecule has 0 fully saturated rings. The molecule has 0 spiro atoms. The Bertz CT molecular complexity index is 1520. The number of carbonyl (C=O) groups is 1. The van der Waals surface area contributed by atoms with Crippen LogP contribution in [0.4, 0.5) is 0 Å². The molecule has 2 aromatic carbocycles. The molecular formula is C26H25BrN2O5S. The van der Waals surface area contributed by atoms with E-state index in [1.807, 2.05) is 31.2 Å². The molecule has 3 aromatic rings. The SMILES string of the molecule is CCOC(=O)C1=C(C)N=c2s/c(=C\c3ccc(C)c(Br)c3)c(=O)n2[C@@H]1c1cc(OC)ccc1OC. The van der Waals surface area contributed by atoms with Crippen molar-refractivity contribution in [3.05, 3.63) is 88.5 Å². The maximum absolute atomic E-state index is 13.8. The zero-order valence-electron chi connectivity index (χ0n) is 20.0. The summed E-state index contributed by atoms with van der Waals surface area (Å²) in [6.07, 6.45) is 1.83. The van der Waals surface area contributed by atoms with Crippen molar-refractivity contribution in [1.82, 2.24) is 4.57 Å². The lowest BCUT2D eigenvalue weighted by Crippen LogP contribution is -2.40. The smallest absolute Gasteiger partial charge is 0.338 e. The molecule has 0 N–H and O–H groups in total. The van der Waals surface area contributed by atoms with Crippen LogP contribution in [0.1, 0.15) is 36.6 Å². The van der Waals surface area contributed by atoms with Gasteiger partial charge in [0, 0.05) is 10.0 Å². The Morgan fingerprint density at radius 1 is 1.17 bits per heavy atom. The minimum atomic E-state index is -0.790. The number of hydrogen-bond donors (Lipinski definition) is 0. The lowest BCUT2D eigenvalue weighted by atomic mass is 9.94. The van der Waals surface area contributed by atoms with E-state index >= 15 is 0 Å². The van der Waals surface area contributed by atoms with E-state index in [4.69, 9.17) is 14.2 Å². The molecule has 1 aromatic heterocycles. The maximum Gasteiger partial charge on any atom is 0.338 e. The predicted molar refractivity (Wildman–Crippen MR) is 139 cm³/mol. The number of benzene rings is 2. The first kappa shape index (κ1) is 24.9. The molecule has 0 aliphatic carbocycles. The summed E-state index contributed by atoms with van der Waals surface area (Å²) in [6, 6.07) is 10.4. The van der Waals surface area contributed by atoms with E-state index in [0.717, 1.165) is 15.6 Å². The molecule has 4 rings (SSSR count). The highest BCUT2D eigenvalue weighted by atomic mass is 79.9. The Kier molecular flexibility index (Phi) is 7.28. The Hall–Kier alpha value is -3.17. The molecule has 0 bridgehead atoms. The van der Waals surface area contributed by atoms with E-state index in [1.165, 1.54) is 15.9 Å². The summed E-state index contributed by atoms with van der Waals surface area (Å²) in [5.41, 5.74) is 3.11. The fraction of sp³-hybridized carbons (Fsp3) is 0.269. The normalized spacial score (nSPS) is 15.5. The predicted octanol–water partition coefficient (Wildman–Crippen LogP) is 3.89. The highest BCUT2D eigenvalue weighted by molar-refractivity contribution is 9.10. The zero-order valence-corrected chi connectivity index (χ0v) is 22.5. The average molecular weight is 557 g/mol. The van der Waals surface area contributed by atoms with Gasteiger partial charge in [-0.25, -0.2) is 9.79 Å². The third-order valence-electron chi connectivity index (χ3n) is 5.74. The summed E-state index contributed by atoms with van der Waals surface area (Å²) in [5, 5.41) is 0. The number of methoxy groups -OCH3 is 2. The van der Waals surface area contributed by atoms with Crippen molar-refractivity contribution < 1.29 is 19.0 Å². The van der Waals surface area contributed by atoms with E-state index in [1.54, 1.807) is 46.3 Å². The maximum atomic E-state index is 13.8. The fourth-order valence-electron chi connectivity index (χ4n) is 3.99. The highest BCUT2D eigenvalue weighted by Gasteiger charge is 2.35. The second kappa shape index (κ2) is 10.2. The van der Waals surface area contributed by atoms with Gasteiger partial charge in [-0.1, -0.05) is 39.4 Å². The molecule has 0 radical (unpaired) electrons. The molecule has 35 heavy (non-hydrogen) atoms. The van der Waals surface area contributed by atoms with Gasteiger partial charge < -0.3 is 14.2 Å². The molecule has 1 aliphatic rings. The van der Waals surface area contributed by atoms with Crippen molar-refractivity contribution in [2.24, 2.45) is 4.99 Å². The quantitative estimate of drug-likeness (QED) is 0.430. The number of esters is 1. The van der Waals surface area contributed by atoms with Gasteiger partial charge in [0.05, 0.1) is 36.6 Å². The van der Waals surface area contributed by atoms with E-state index in [0.29, 0.717) is 32.1 Å².